The lowest BCUT2D eigenvalue weighted by molar-refractivity contribution is 0.0996. The monoisotopic (exact) mass is 344 g/mol. The number of carbonyl (C=O) groups excluding carboxylic acids is 1. The van der Waals surface area contributed by atoms with Gasteiger partial charge in [0.15, 0.2) is 4.80 Å². The molecule has 0 aliphatic carbocycles. The summed E-state index contributed by atoms with van der Waals surface area (Å²) in [5.74, 6) is 3.49. The first kappa shape index (κ1) is 15.6. The number of fused-ring (bicyclic) bond motifs is 1. The van der Waals surface area contributed by atoms with Gasteiger partial charge >= 0.3 is 0 Å². The molecule has 0 fully saturated rings. The lowest BCUT2D eigenvalue weighted by Gasteiger charge is -1.99. The minimum atomic E-state index is -0.345. The zero-order chi connectivity index (χ0) is 16.6. The number of thiazole rings is 1. The van der Waals surface area contributed by atoms with Crippen molar-refractivity contribution in [2.45, 2.75) is 20.4 Å². The van der Waals surface area contributed by atoms with Crippen LogP contribution < -0.4 is 4.80 Å². The molecule has 0 N–H and O–H groups in total. The molecule has 1 aromatic carbocycles. The molecular weight excluding hydrogens is 332 g/mol. The average molecular weight is 345 g/mol. The van der Waals surface area contributed by atoms with E-state index in [2.05, 4.69) is 10.9 Å². The van der Waals surface area contributed by atoms with E-state index in [4.69, 9.17) is 22.4 Å². The third kappa shape index (κ3) is 2.96. The van der Waals surface area contributed by atoms with Crippen molar-refractivity contribution in [2.75, 3.05) is 0 Å². The van der Waals surface area contributed by atoms with Crippen LogP contribution in [0.3, 0.4) is 0 Å². The number of nitrogens with zero attached hydrogens (tertiary/aromatic N) is 2. The van der Waals surface area contributed by atoms with Gasteiger partial charge in [-0.05, 0) is 38.1 Å². The molecule has 0 aliphatic heterocycles. The largest absolute Gasteiger partial charge is 0.466 e. The maximum atomic E-state index is 12.4. The summed E-state index contributed by atoms with van der Waals surface area (Å²) in [6.45, 7) is 3.87. The van der Waals surface area contributed by atoms with Crippen molar-refractivity contribution in [3.8, 4) is 12.3 Å². The molecule has 2 heterocycles. The van der Waals surface area contributed by atoms with E-state index in [1.807, 2.05) is 16.7 Å². The highest BCUT2D eigenvalue weighted by Crippen LogP contribution is 2.22. The summed E-state index contributed by atoms with van der Waals surface area (Å²) in [5.41, 5.74) is 1.37. The number of carbonyl (C=O) groups is 1. The van der Waals surface area contributed by atoms with E-state index in [0.717, 1.165) is 10.2 Å². The van der Waals surface area contributed by atoms with Gasteiger partial charge < -0.3 is 8.98 Å². The molecule has 0 aliphatic rings. The van der Waals surface area contributed by atoms with E-state index in [1.54, 1.807) is 26.0 Å². The number of amides is 1. The Morgan fingerprint density at radius 3 is 2.87 bits per heavy atom. The van der Waals surface area contributed by atoms with Gasteiger partial charge in [0.1, 0.15) is 11.5 Å². The van der Waals surface area contributed by atoms with Crippen molar-refractivity contribution in [3.05, 3.63) is 51.2 Å². The Bertz CT molecular complexity index is 1020. The number of furan rings is 1. The van der Waals surface area contributed by atoms with Gasteiger partial charge in [-0.15, -0.1) is 6.42 Å². The summed E-state index contributed by atoms with van der Waals surface area (Å²) < 4.78 is 8.15. The van der Waals surface area contributed by atoms with Crippen molar-refractivity contribution >= 4 is 39.1 Å². The molecule has 23 heavy (non-hydrogen) atoms. The maximum absolute atomic E-state index is 12.4. The van der Waals surface area contributed by atoms with Crippen LogP contribution >= 0.6 is 22.9 Å². The Balaban J connectivity index is 2.18. The zero-order valence-electron chi connectivity index (χ0n) is 12.6. The van der Waals surface area contributed by atoms with Crippen LogP contribution in [0.15, 0.2) is 33.7 Å². The van der Waals surface area contributed by atoms with Crippen LogP contribution in [0.4, 0.5) is 0 Å². The molecule has 3 rings (SSSR count). The molecule has 0 unspecified atom stereocenters. The SMILES string of the molecule is C#CCn1c(=NC(=O)c2cc(C)oc2C)sc2cc(Cl)ccc21. The Kier molecular flexibility index (Phi) is 4.12. The van der Waals surface area contributed by atoms with E-state index in [0.29, 0.717) is 33.5 Å². The van der Waals surface area contributed by atoms with Crippen LogP contribution in [-0.2, 0) is 6.54 Å². The van der Waals surface area contributed by atoms with Crippen molar-refractivity contribution in [2.24, 2.45) is 4.99 Å². The molecule has 0 atom stereocenters. The number of terminal acetylenes is 1. The van der Waals surface area contributed by atoms with Crippen LogP contribution in [0.1, 0.15) is 21.9 Å². The summed E-state index contributed by atoms with van der Waals surface area (Å²) in [4.78, 5) is 17.2. The van der Waals surface area contributed by atoms with Crippen LogP contribution in [0.2, 0.25) is 5.02 Å². The molecule has 3 aromatic rings. The standard InChI is InChI=1S/C17H13ClN2O2S/c1-4-7-20-14-6-5-12(18)9-15(14)23-17(20)19-16(21)13-8-10(2)22-11(13)3/h1,5-6,8-9H,7H2,2-3H3. The van der Waals surface area contributed by atoms with E-state index in [1.165, 1.54) is 11.3 Å². The number of aryl methyl sites for hydroxylation is 2. The van der Waals surface area contributed by atoms with Gasteiger partial charge in [0, 0.05) is 5.02 Å². The van der Waals surface area contributed by atoms with Crippen molar-refractivity contribution in [1.29, 1.82) is 0 Å². The first-order valence-electron chi connectivity index (χ1n) is 6.88. The van der Waals surface area contributed by atoms with Crippen molar-refractivity contribution < 1.29 is 9.21 Å². The van der Waals surface area contributed by atoms with Gasteiger partial charge in [-0.25, -0.2) is 0 Å². The second-order valence-corrected chi connectivity index (χ2v) is 6.48. The normalized spacial score (nSPS) is 11.8. The Hall–Kier alpha value is -2.29. The molecule has 0 saturated carbocycles. The molecular formula is C17H13ClN2O2S. The maximum Gasteiger partial charge on any atom is 0.283 e. The van der Waals surface area contributed by atoms with E-state index >= 15 is 0 Å². The Labute approximate surface area is 142 Å². The summed E-state index contributed by atoms with van der Waals surface area (Å²) in [6, 6.07) is 7.20. The topological polar surface area (TPSA) is 47.5 Å². The van der Waals surface area contributed by atoms with Gasteiger partial charge in [-0.3, -0.25) is 4.79 Å². The summed E-state index contributed by atoms with van der Waals surface area (Å²) in [5, 5.41) is 0.630. The third-order valence-electron chi connectivity index (χ3n) is 3.36. The number of hydrogen-bond acceptors (Lipinski definition) is 3. The van der Waals surface area contributed by atoms with Gasteiger partial charge in [0.2, 0.25) is 0 Å². The molecule has 2 aromatic heterocycles. The molecule has 6 heteroatoms. The lowest BCUT2D eigenvalue weighted by atomic mass is 10.2. The van der Waals surface area contributed by atoms with Gasteiger partial charge in [0.25, 0.3) is 5.91 Å². The Morgan fingerprint density at radius 2 is 2.22 bits per heavy atom. The molecule has 0 saturated heterocycles. The first-order valence-corrected chi connectivity index (χ1v) is 8.07. The fourth-order valence-electron chi connectivity index (χ4n) is 2.37. The quantitative estimate of drug-likeness (QED) is 0.661. The number of aromatic nitrogens is 1. The Morgan fingerprint density at radius 1 is 1.43 bits per heavy atom. The predicted molar refractivity (Wildman–Crippen MR) is 91.7 cm³/mol. The number of rotatable bonds is 2. The number of halogens is 1. The van der Waals surface area contributed by atoms with Gasteiger partial charge in [0.05, 0.1) is 22.3 Å². The molecule has 0 radical (unpaired) electrons. The first-order chi connectivity index (χ1) is 11.0. The number of benzene rings is 1. The summed E-state index contributed by atoms with van der Waals surface area (Å²) in [7, 11) is 0. The van der Waals surface area contributed by atoms with Gasteiger partial charge in [-0.1, -0.05) is 28.9 Å². The second kappa shape index (κ2) is 6.07. The molecule has 4 nitrogen and oxygen atoms in total. The zero-order valence-corrected chi connectivity index (χ0v) is 14.2. The minimum absolute atomic E-state index is 0.330. The average Bonchev–Trinajstić information content (AvgIpc) is 2.99. The fraction of sp³-hybridized carbons (Fsp3) is 0.176. The van der Waals surface area contributed by atoms with E-state index in [9.17, 15) is 4.79 Å². The molecule has 1 amide bonds. The summed E-state index contributed by atoms with van der Waals surface area (Å²) in [6.07, 6.45) is 5.45. The van der Waals surface area contributed by atoms with Gasteiger partial charge in [-0.2, -0.15) is 4.99 Å². The molecule has 116 valence electrons. The van der Waals surface area contributed by atoms with E-state index in [-0.39, 0.29) is 5.91 Å². The van der Waals surface area contributed by atoms with Crippen molar-refractivity contribution in [1.82, 2.24) is 4.57 Å². The lowest BCUT2D eigenvalue weighted by Crippen LogP contribution is -2.16. The van der Waals surface area contributed by atoms with Crippen LogP contribution in [0.5, 0.6) is 0 Å². The highest BCUT2D eigenvalue weighted by Gasteiger charge is 2.14. The van der Waals surface area contributed by atoms with E-state index < -0.39 is 0 Å². The fourth-order valence-corrected chi connectivity index (χ4v) is 3.67. The van der Waals surface area contributed by atoms with Crippen LogP contribution in [0.25, 0.3) is 10.2 Å². The van der Waals surface area contributed by atoms with Crippen molar-refractivity contribution in [3.63, 3.8) is 0 Å². The highest BCUT2D eigenvalue weighted by atomic mass is 35.5. The minimum Gasteiger partial charge on any atom is -0.466 e. The second-order valence-electron chi connectivity index (χ2n) is 5.03. The third-order valence-corrected chi connectivity index (χ3v) is 4.64. The molecule has 0 spiro atoms. The smallest absolute Gasteiger partial charge is 0.283 e. The predicted octanol–water partition coefficient (Wildman–Crippen LogP) is 3.94. The van der Waals surface area contributed by atoms with Crippen LogP contribution in [0, 0.1) is 26.2 Å². The highest BCUT2D eigenvalue weighted by molar-refractivity contribution is 7.16. The van der Waals surface area contributed by atoms with Crippen LogP contribution in [-0.4, -0.2) is 10.5 Å². The summed E-state index contributed by atoms with van der Waals surface area (Å²) >= 11 is 7.41. The number of hydrogen-bond donors (Lipinski definition) is 0. The molecule has 0 bridgehead atoms.